The van der Waals surface area contributed by atoms with Crippen LogP contribution in [0.15, 0.2) is 24.3 Å². The second-order valence-corrected chi connectivity index (χ2v) is 5.93. The van der Waals surface area contributed by atoms with E-state index >= 15 is 0 Å². The van der Waals surface area contributed by atoms with E-state index in [1.54, 1.807) is 12.1 Å². The van der Waals surface area contributed by atoms with Gasteiger partial charge in [-0.15, -0.1) is 0 Å². The average molecular weight is 314 g/mol. The number of rotatable bonds is 11. The summed E-state index contributed by atoms with van der Waals surface area (Å²) in [4.78, 5) is 0. The molecular formula is C16H24ClNO3. The first kappa shape index (κ1) is 16.6. The van der Waals surface area contributed by atoms with Gasteiger partial charge in [-0.1, -0.05) is 17.7 Å². The maximum atomic E-state index is 9.81. The third-order valence-electron chi connectivity index (χ3n) is 3.31. The van der Waals surface area contributed by atoms with Crippen LogP contribution in [0.4, 0.5) is 0 Å². The molecule has 21 heavy (non-hydrogen) atoms. The van der Waals surface area contributed by atoms with Gasteiger partial charge in [0.05, 0.1) is 0 Å². The minimum atomic E-state index is -0.531. The summed E-state index contributed by atoms with van der Waals surface area (Å²) in [5.74, 6) is 1.50. The first-order valence-electron chi connectivity index (χ1n) is 7.59. The van der Waals surface area contributed by atoms with Gasteiger partial charge in [0.15, 0.2) is 0 Å². The van der Waals surface area contributed by atoms with E-state index < -0.39 is 6.10 Å². The molecule has 0 amide bonds. The zero-order chi connectivity index (χ0) is 14.9. The molecule has 0 saturated heterocycles. The van der Waals surface area contributed by atoms with Crippen molar-refractivity contribution < 1.29 is 14.6 Å². The van der Waals surface area contributed by atoms with Crippen LogP contribution in [-0.4, -0.2) is 44.1 Å². The van der Waals surface area contributed by atoms with Gasteiger partial charge in [-0.3, -0.25) is 0 Å². The van der Waals surface area contributed by atoms with Crippen molar-refractivity contribution in [3.63, 3.8) is 0 Å². The van der Waals surface area contributed by atoms with Gasteiger partial charge in [-0.25, -0.2) is 0 Å². The van der Waals surface area contributed by atoms with Crippen molar-refractivity contribution in [2.75, 3.05) is 32.9 Å². The lowest BCUT2D eigenvalue weighted by Crippen LogP contribution is -2.32. The highest BCUT2D eigenvalue weighted by Crippen LogP contribution is 2.28. The van der Waals surface area contributed by atoms with E-state index in [9.17, 15) is 5.11 Å². The molecule has 1 aliphatic rings. The lowest BCUT2D eigenvalue weighted by Gasteiger charge is -2.13. The fourth-order valence-corrected chi connectivity index (χ4v) is 2.09. The Morgan fingerprint density at radius 3 is 3.00 bits per heavy atom. The van der Waals surface area contributed by atoms with Crippen LogP contribution in [0.1, 0.15) is 19.3 Å². The molecule has 1 fully saturated rings. The Bertz CT molecular complexity index is 412. The third kappa shape index (κ3) is 7.67. The molecule has 5 heteroatoms. The fraction of sp³-hybridized carbons (Fsp3) is 0.625. The Morgan fingerprint density at radius 1 is 1.38 bits per heavy atom. The van der Waals surface area contributed by atoms with Gasteiger partial charge in [-0.2, -0.15) is 0 Å². The average Bonchev–Trinajstić information content (AvgIpc) is 3.28. The highest BCUT2D eigenvalue weighted by molar-refractivity contribution is 6.30. The number of hydrogen-bond acceptors (Lipinski definition) is 4. The maximum absolute atomic E-state index is 9.81. The van der Waals surface area contributed by atoms with E-state index in [1.165, 1.54) is 12.8 Å². The Labute approximate surface area is 131 Å². The van der Waals surface area contributed by atoms with Crippen LogP contribution >= 0.6 is 11.6 Å². The molecule has 1 atom stereocenters. The van der Waals surface area contributed by atoms with E-state index in [0.29, 0.717) is 17.3 Å². The van der Waals surface area contributed by atoms with Gasteiger partial charge in [0, 0.05) is 24.8 Å². The number of halogens is 1. The molecule has 1 saturated carbocycles. The van der Waals surface area contributed by atoms with Crippen molar-refractivity contribution in [2.24, 2.45) is 5.92 Å². The molecule has 1 unspecified atom stereocenters. The number of nitrogens with one attached hydrogen (secondary N) is 1. The van der Waals surface area contributed by atoms with Gasteiger partial charge in [-0.05, 0) is 49.9 Å². The summed E-state index contributed by atoms with van der Waals surface area (Å²) in [7, 11) is 0. The zero-order valence-electron chi connectivity index (χ0n) is 12.3. The second kappa shape index (κ2) is 9.26. The predicted octanol–water partition coefficient (Wildman–Crippen LogP) is 2.49. The molecule has 2 N–H and O–H groups in total. The normalized spacial score (nSPS) is 15.9. The van der Waals surface area contributed by atoms with Crippen LogP contribution in [0.25, 0.3) is 0 Å². The fourth-order valence-electron chi connectivity index (χ4n) is 1.91. The molecule has 1 aromatic carbocycles. The SMILES string of the molecule is OC(CNCCCOCC1CC1)COc1cccc(Cl)c1. The minimum Gasteiger partial charge on any atom is -0.491 e. The third-order valence-corrected chi connectivity index (χ3v) is 3.55. The Morgan fingerprint density at radius 2 is 2.24 bits per heavy atom. The Balaban J connectivity index is 1.44. The smallest absolute Gasteiger partial charge is 0.120 e. The molecule has 2 rings (SSSR count). The number of ether oxygens (including phenoxy) is 2. The largest absolute Gasteiger partial charge is 0.491 e. The molecule has 1 aromatic rings. The molecule has 0 spiro atoms. The quantitative estimate of drug-likeness (QED) is 0.616. The zero-order valence-corrected chi connectivity index (χ0v) is 13.0. The van der Waals surface area contributed by atoms with Crippen molar-refractivity contribution in [2.45, 2.75) is 25.4 Å². The van der Waals surface area contributed by atoms with E-state index in [1.807, 2.05) is 12.1 Å². The minimum absolute atomic E-state index is 0.255. The van der Waals surface area contributed by atoms with Gasteiger partial charge < -0.3 is 19.9 Å². The van der Waals surface area contributed by atoms with Gasteiger partial charge in [0.25, 0.3) is 0 Å². The number of aliphatic hydroxyl groups excluding tert-OH is 1. The highest BCUT2D eigenvalue weighted by Gasteiger charge is 2.20. The van der Waals surface area contributed by atoms with Crippen LogP contribution < -0.4 is 10.1 Å². The monoisotopic (exact) mass is 313 g/mol. The van der Waals surface area contributed by atoms with Crippen LogP contribution in [-0.2, 0) is 4.74 Å². The molecule has 1 aliphatic carbocycles. The van der Waals surface area contributed by atoms with Crippen LogP contribution in [0, 0.1) is 5.92 Å². The number of benzene rings is 1. The van der Waals surface area contributed by atoms with Crippen molar-refractivity contribution in [1.82, 2.24) is 5.32 Å². The molecule has 0 heterocycles. The van der Waals surface area contributed by atoms with Crippen molar-refractivity contribution in [1.29, 1.82) is 0 Å². The molecule has 0 radical (unpaired) electrons. The van der Waals surface area contributed by atoms with Gasteiger partial charge in [0.2, 0.25) is 0 Å². The van der Waals surface area contributed by atoms with Crippen LogP contribution in [0.5, 0.6) is 5.75 Å². The summed E-state index contributed by atoms with van der Waals surface area (Å²) in [6, 6.07) is 7.17. The summed E-state index contributed by atoms with van der Waals surface area (Å²) < 4.78 is 11.0. The summed E-state index contributed by atoms with van der Waals surface area (Å²) in [6.45, 7) is 3.32. The molecule has 4 nitrogen and oxygen atoms in total. The summed E-state index contributed by atoms with van der Waals surface area (Å²) >= 11 is 5.86. The van der Waals surface area contributed by atoms with Crippen molar-refractivity contribution in [3.8, 4) is 5.75 Å². The predicted molar refractivity (Wildman–Crippen MR) is 84.0 cm³/mol. The second-order valence-electron chi connectivity index (χ2n) is 5.50. The number of hydrogen-bond donors (Lipinski definition) is 2. The summed E-state index contributed by atoms with van der Waals surface area (Å²) in [6.07, 6.45) is 3.10. The Hall–Kier alpha value is -0.810. The molecule has 0 bridgehead atoms. The summed E-state index contributed by atoms with van der Waals surface area (Å²) in [5, 5.41) is 13.6. The lowest BCUT2D eigenvalue weighted by molar-refractivity contribution is 0.102. The van der Waals surface area contributed by atoms with E-state index in [4.69, 9.17) is 21.1 Å². The summed E-state index contributed by atoms with van der Waals surface area (Å²) in [5.41, 5.74) is 0. The van der Waals surface area contributed by atoms with Gasteiger partial charge >= 0.3 is 0 Å². The van der Waals surface area contributed by atoms with E-state index in [-0.39, 0.29) is 6.61 Å². The Kier molecular flexibility index (Phi) is 7.30. The van der Waals surface area contributed by atoms with E-state index in [2.05, 4.69) is 5.32 Å². The van der Waals surface area contributed by atoms with Crippen LogP contribution in [0.3, 0.4) is 0 Å². The number of aliphatic hydroxyl groups is 1. The first-order valence-corrected chi connectivity index (χ1v) is 7.97. The van der Waals surface area contributed by atoms with Crippen molar-refractivity contribution >= 4 is 11.6 Å². The topological polar surface area (TPSA) is 50.7 Å². The molecule has 0 aromatic heterocycles. The lowest BCUT2D eigenvalue weighted by atomic mass is 10.3. The van der Waals surface area contributed by atoms with Crippen molar-refractivity contribution in [3.05, 3.63) is 29.3 Å². The van der Waals surface area contributed by atoms with Gasteiger partial charge in [0.1, 0.15) is 18.5 Å². The highest BCUT2D eigenvalue weighted by atomic mass is 35.5. The molecule has 118 valence electrons. The van der Waals surface area contributed by atoms with E-state index in [0.717, 1.165) is 32.1 Å². The first-order chi connectivity index (χ1) is 10.2. The van der Waals surface area contributed by atoms with Crippen LogP contribution in [0.2, 0.25) is 5.02 Å². The molecular weight excluding hydrogens is 290 g/mol. The maximum Gasteiger partial charge on any atom is 0.120 e. The molecule has 0 aliphatic heterocycles. The standard InChI is InChI=1S/C16H24ClNO3/c17-14-3-1-4-16(9-14)21-12-15(19)10-18-7-2-8-20-11-13-5-6-13/h1,3-4,9,13,15,18-19H,2,5-8,10-12H2.